The fraction of sp³-hybridized carbons (Fsp3) is 0.214. The molecule has 8 nitrogen and oxygen atoms in total. The molecule has 0 bridgehead atoms. The van der Waals surface area contributed by atoms with E-state index in [0.717, 1.165) is 0 Å². The number of ketones is 1. The summed E-state index contributed by atoms with van der Waals surface area (Å²) in [6.07, 6.45) is 0. The molecule has 2 aromatic rings. The minimum absolute atomic E-state index is 0.00500. The maximum absolute atomic E-state index is 11.7. The number of carbonyl (C=O) groups is 2. The van der Waals surface area contributed by atoms with Crippen molar-refractivity contribution in [3.8, 4) is 5.69 Å². The molecule has 0 aliphatic rings. The number of nitro benzene ring substituents is 1. The molecule has 0 radical (unpaired) electrons. The van der Waals surface area contributed by atoms with Gasteiger partial charge in [0.25, 0.3) is 5.69 Å². The van der Waals surface area contributed by atoms with Gasteiger partial charge in [-0.25, -0.2) is 9.48 Å². The van der Waals surface area contributed by atoms with Gasteiger partial charge in [0.15, 0.2) is 11.5 Å². The smallest absolute Gasteiger partial charge is 0.358 e. The standard InChI is InChI=1S/C14H13N3O5/c1-3-22-14(19)12-8-13(9(2)18)16(15-12)10-4-6-11(7-5-10)17(20)21/h4-8H,3H2,1-2H3. The number of non-ortho nitro benzene ring substituents is 1. The third-order valence-corrected chi connectivity index (χ3v) is 2.86. The van der Waals surface area contributed by atoms with Crippen LogP contribution >= 0.6 is 0 Å². The van der Waals surface area contributed by atoms with Crippen molar-refractivity contribution in [3.05, 3.63) is 51.8 Å². The Kier molecular flexibility index (Phi) is 4.31. The summed E-state index contributed by atoms with van der Waals surface area (Å²) in [4.78, 5) is 33.5. The molecule has 2 rings (SSSR count). The molecular formula is C14H13N3O5. The van der Waals surface area contributed by atoms with Gasteiger partial charge in [0.2, 0.25) is 0 Å². The van der Waals surface area contributed by atoms with Crippen LogP contribution in [0.5, 0.6) is 0 Å². The molecule has 0 amide bonds. The molecule has 114 valence electrons. The average molecular weight is 303 g/mol. The molecule has 0 saturated carbocycles. The number of hydrogen-bond acceptors (Lipinski definition) is 6. The van der Waals surface area contributed by atoms with Crippen molar-refractivity contribution in [1.82, 2.24) is 9.78 Å². The van der Waals surface area contributed by atoms with Crippen molar-refractivity contribution < 1.29 is 19.2 Å². The Labute approximate surface area is 125 Å². The fourth-order valence-electron chi connectivity index (χ4n) is 1.85. The molecule has 0 saturated heterocycles. The van der Waals surface area contributed by atoms with E-state index in [1.54, 1.807) is 6.92 Å². The van der Waals surface area contributed by atoms with Crippen LogP contribution in [0, 0.1) is 10.1 Å². The highest BCUT2D eigenvalue weighted by molar-refractivity contribution is 5.96. The lowest BCUT2D eigenvalue weighted by Crippen LogP contribution is -2.08. The van der Waals surface area contributed by atoms with Crippen molar-refractivity contribution in [2.45, 2.75) is 13.8 Å². The van der Waals surface area contributed by atoms with Crippen molar-refractivity contribution in [1.29, 1.82) is 0 Å². The van der Waals surface area contributed by atoms with Crippen LogP contribution in [-0.4, -0.2) is 33.1 Å². The van der Waals surface area contributed by atoms with Crippen LogP contribution in [0.1, 0.15) is 34.8 Å². The van der Waals surface area contributed by atoms with Gasteiger partial charge in [0, 0.05) is 25.1 Å². The second-order valence-corrected chi connectivity index (χ2v) is 4.38. The van der Waals surface area contributed by atoms with E-state index in [4.69, 9.17) is 4.74 Å². The number of Topliss-reactive ketones (excluding diaryl/α,β-unsaturated/α-hetero) is 1. The molecule has 0 atom stereocenters. The molecule has 0 aliphatic heterocycles. The monoisotopic (exact) mass is 303 g/mol. The van der Waals surface area contributed by atoms with E-state index in [1.807, 2.05) is 0 Å². The number of benzene rings is 1. The number of carbonyl (C=O) groups excluding carboxylic acids is 2. The summed E-state index contributed by atoms with van der Waals surface area (Å²) in [7, 11) is 0. The van der Waals surface area contributed by atoms with Crippen molar-refractivity contribution in [2.75, 3.05) is 6.61 Å². The van der Waals surface area contributed by atoms with Crippen LogP contribution in [0.15, 0.2) is 30.3 Å². The van der Waals surface area contributed by atoms with Gasteiger partial charge in [-0.3, -0.25) is 14.9 Å². The van der Waals surface area contributed by atoms with Crippen LogP contribution in [0.3, 0.4) is 0 Å². The lowest BCUT2D eigenvalue weighted by atomic mass is 10.2. The second kappa shape index (κ2) is 6.17. The molecule has 0 unspecified atom stereocenters. The number of ether oxygens (including phenoxy) is 1. The second-order valence-electron chi connectivity index (χ2n) is 4.38. The van der Waals surface area contributed by atoms with Gasteiger partial charge in [-0.1, -0.05) is 0 Å². The summed E-state index contributed by atoms with van der Waals surface area (Å²) in [5, 5.41) is 14.7. The van der Waals surface area contributed by atoms with E-state index in [2.05, 4.69) is 5.10 Å². The van der Waals surface area contributed by atoms with Crippen LogP contribution in [0.4, 0.5) is 5.69 Å². The number of rotatable bonds is 5. The molecule has 1 heterocycles. The van der Waals surface area contributed by atoms with E-state index in [-0.39, 0.29) is 29.5 Å². The predicted molar refractivity (Wildman–Crippen MR) is 76.2 cm³/mol. The van der Waals surface area contributed by atoms with Gasteiger partial charge in [0.1, 0.15) is 5.69 Å². The first-order chi connectivity index (χ1) is 10.4. The van der Waals surface area contributed by atoms with Crippen molar-refractivity contribution >= 4 is 17.4 Å². The molecule has 0 aliphatic carbocycles. The van der Waals surface area contributed by atoms with Crippen molar-refractivity contribution in [2.24, 2.45) is 0 Å². The number of nitrogens with zero attached hydrogens (tertiary/aromatic N) is 3. The topological polar surface area (TPSA) is 104 Å². The molecule has 0 spiro atoms. The highest BCUT2D eigenvalue weighted by Crippen LogP contribution is 2.18. The lowest BCUT2D eigenvalue weighted by Gasteiger charge is -2.04. The van der Waals surface area contributed by atoms with E-state index >= 15 is 0 Å². The number of nitro groups is 1. The van der Waals surface area contributed by atoms with Gasteiger partial charge >= 0.3 is 5.97 Å². The summed E-state index contributed by atoms with van der Waals surface area (Å²) < 4.78 is 6.11. The summed E-state index contributed by atoms with van der Waals surface area (Å²) in [5.74, 6) is -0.924. The molecule has 1 aromatic heterocycles. The summed E-state index contributed by atoms with van der Waals surface area (Å²) >= 11 is 0. The Morgan fingerprint density at radius 1 is 1.32 bits per heavy atom. The van der Waals surface area contributed by atoms with Gasteiger partial charge in [0.05, 0.1) is 17.2 Å². The molecule has 0 N–H and O–H groups in total. The Balaban J connectivity index is 2.46. The minimum atomic E-state index is -0.634. The number of esters is 1. The SMILES string of the molecule is CCOC(=O)c1cc(C(C)=O)n(-c2ccc([N+](=O)[O-])cc2)n1. The van der Waals surface area contributed by atoms with Gasteiger partial charge in [-0.2, -0.15) is 5.10 Å². The number of aromatic nitrogens is 2. The van der Waals surface area contributed by atoms with Gasteiger partial charge in [-0.15, -0.1) is 0 Å². The summed E-state index contributed by atoms with van der Waals surface area (Å²) in [6, 6.07) is 6.83. The molecule has 22 heavy (non-hydrogen) atoms. The maximum Gasteiger partial charge on any atom is 0.358 e. The Bertz CT molecular complexity index is 733. The third kappa shape index (κ3) is 3.00. The quantitative estimate of drug-likeness (QED) is 0.363. The van der Waals surface area contributed by atoms with E-state index < -0.39 is 10.9 Å². The minimum Gasteiger partial charge on any atom is -0.461 e. The van der Waals surface area contributed by atoms with Crippen LogP contribution in [0.2, 0.25) is 0 Å². The Morgan fingerprint density at radius 2 is 1.95 bits per heavy atom. The number of hydrogen-bond donors (Lipinski definition) is 0. The molecule has 8 heteroatoms. The Morgan fingerprint density at radius 3 is 2.45 bits per heavy atom. The van der Waals surface area contributed by atoms with E-state index in [1.165, 1.54) is 41.9 Å². The third-order valence-electron chi connectivity index (χ3n) is 2.86. The van der Waals surface area contributed by atoms with Crippen LogP contribution < -0.4 is 0 Å². The molecular weight excluding hydrogens is 290 g/mol. The van der Waals surface area contributed by atoms with Crippen LogP contribution in [-0.2, 0) is 4.74 Å². The summed E-state index contributed by atoms with van der Waals surface area (Å²) in [5.41, 5.74) is 0.555. The average Bonchev–Trinajstić information content (AvgIpc) is 2.93. The van der Waals surface area contributed by atoms with Gasteiger partial charge in [-0.05, 0) is 19.1 Å². The zero-order valence-electron chi connectivity index (χ0n) is 12.0. The predicted octanol–water partition coefficient (Wildman–Crippen LogP) is 2.16. The zero-order chi connectivity index (χ0) is 16.3. The first kappa shape index (κ1) is 15.4. The molecule has 1 aromatic carbocycles. The normalized spacial score (nSPS) is 10.3. The molecule has 0 fully saturated rings. The fourth-order valence-corrected chi connectivity index (χ4v) is 1.85. The van der Waals surface area contributed by atoms with Gasteiger partial charge < -0.3 is 4.74 Å². The highest BCUT2D eigenvalue weighted by Gasteiger charge is 2.19. The largest absolute Gasteiger partial charge is 0.461 e. The summed E-state index contributed by atoms with van der Waals surface area (Å²) in [6.45, 7) is 3.20. The highest BCUT2D eigenvalue weighted by atomic mass is 16.6. The first-order valence-electron chi connectivity index (χ1n) is 6.47. The zero-order valence-corrected chi connectivity index (χ0v) is 12.0. The van der Waals surface area contributed by atoms with Crippen molar-refractivity contribution in [3.63, 3.8) is 0 Å². The first-order valence-corrected chi connectivity index (χ1v) is 6.47. The van der Waals surface area contributed by atoms with Crippen LogP contribution in [0.25, 0.3) is 5.69 Å². The van der Waals surface area contributed by atoms with E-state index in [0.29, 0.717) is 5.69 Å². The lowest BCUT2D eigenvalue weighted by molar-refractivity contribution is -0.384. The van der Waals surface area contributed by atoms with E-state index in [9.17, 15) is 19.7 Å². The Hall–Kier alpha value is -3.03. The maximum atomic E-state index is 11.7.